The highest BCUT2D eigenvalue weighted by Gasteiger charge is 2.20. The van der Waals surface area contributed by atoms with Gasteiger partial charge in [0.25, 0.3) is 0 Å². The molecule has 0 saturated carbocycles. The van der Waals surface area contributed by atoms with Crippen molar-refractivity contribution in [3.63, 3.8) is 0 Å². The standard InChI is InChI=1S/C21H24N2O2/c1-15-3-5-16(6-4-15)14-20(24)22-12-11-17-7-9-19-18(13-17)8-10-21(25)23(19)2/h3-7,9,13H,8,10-12,14H2,1-2H3,(H,22,24). The van der Waals surface area contributed by atoms with Crippen molar-refractivity contribution in [2.45, 2.75) is 32.6 Å². The fourth-order valence-electron chi connectivity index (χ4n) is 3.17. The lowest BCUT2D eigenvalue weighted by atomic mass is 9.98. The van der Waals surface area contributed by atoms with Crippen LogP contribution in [-0.2, 0) is 28.9 Å². The average Bonchev–Trinajstić information content (AvgIpc) is 2.60. The predicted molar refractivity (Wildman–Crippen MR) is 99.8 cm³/mol. The Morgan fingerprint density at radius 3 is 2.56 bits per heavy atom. The zero-order valence-corrected chi connectivity index (χ0v) is 14.8. The minimum atomic E-state index is 0.0483. The van der Waals surface area contributed by atoms with E-state index >= 15 is 0 Å². The second-order valence-corrected chi connectivity index (χ2v) is 6.68. The molecular weight excluding hydrogens is 312 g/mol. The molecule has 1 heterocycles. The number of carbonyl (C=O) groups is 2. The fraction of sp³-hybridized carbons (Fsp3) is 0.333. The van der Waals surface area contributed by atoms with E-state index in [2.05, 4.69) is 11.4 Å². The van der Waals surface area contributed by atoms with E-state index in [4.69, 9.17) is 0 Å². The van der Waals surface area contributed by atoms with Crippen LogP contribution in [0.15, 0.2) is 42.5 Å². The van der Waals surface area contributed by atoms with Crippen molar-refractivity contribution in [1.29, 1.82) is 0 Å². The van der Waals surface area contributed by atoms with E-state index in [9.17, 15) is 9.59 Å². The summed E-state index contributed by atoms with van der Waals surface area (Å²) in [5.41, 5.74) is 5.64. The molecule has 0 aliphatic carbocycles. The minimum Gasteiger partial charge on any atom is -0.355 e. The molecule has 4 heteroatoms. The van der Waals surface area contributed by atoms with Gasteiger partial charge in [0.15, 0.2) is 0 Å². The highest BCUT2D eigenvalue weighted by Crippen LogP contribution is 2.27. The van der Waals surface area contributed by atoms with Gasteiger partial charge in [0.2, 0.25) is 11.8 Å². The minimum absolute atomic E-state index is 0.0483. The lowest BCUT2D eigenvalue weighted by Gasteiger charge is -2.26. The van der Waals surface area contributed by atoms with E-state index in [0.717, 1.165) is 24.1 Å². The van der Waals surface area contributed by atoms with Gasteiger partial charge in [-0.05, 0) is 42.5 Å². The highest BCUT2D eigenvalue weighted by molar-refractivity contribution is 5.95. The third-order valence-electron chi connectivity index (χ3n) is 4.71. The molecule has 0 bridgehead atoms. The van der Waals surface area contributed by atoms with Crippen molar-refractivity contribution in [3.8, 4) is 0 Å². The van der Waals surface area contributed by atoms with E-state index in [-0.39, 0.29) is 11.8 Å². The van der Waals surface area contributed by atoms with Gasteiger partial charge in [0.05, 0.1) is 6.42 Å². The molecule has 1 aliphatic rings. The molecule has 25 heavy (non-hydrogen) atoms. The first-order chi connectivity index (χ1) is 12.0. The van der Waals surface area contributed by atoms with Gasteiger partial charge in [-0.1, -0.05) is 42.0 Å². The topological polar surface area (TPSA) is 49.4 Å². The van der Waals surface area contributed by atoms with Crippen LogP contribution in [-0.4, -0.2) is 25.4 Å². The summed E-state index contributed by atoms with van der Waals surface area (Å²) < 4.78 is 0. The molecule has 0 atom stereocenters. The van der Waals surface area contributed by atoms with Gasteiger partial charge in [0, 0.05) is 25.7 Å². The largest absolute Gasteiger partial charge is 0.355 e. The molecule has 0 saturated heterocycles. The number of hydrogen-bond acceptors (Lipinski definition) is 2. The normalized spacial score (nSPS) is 13.5. The highest BCUT2D eigenvalue weighted by atomic mass is 16.2. The van der Waals surface area contributed by atoms with E-state index in [1.54, 1.807) is 4.90 Å². The quantitative estimate of drug-likeness (QED) is 0.913. The second-order valence-electron chi connectivity index (χ2n) is 6.68. The Morgan fingerprint density at radius 1 is 1.08 bits per heavy atom. The molecular formula is C21H24N2O2. The van der Waals surface area contributed by atoms with Gasteiger partial charge in [0.1, 0.15) is 0 Å². The van der Waals surface area contributed by atoms with Crippen LogP contribution in [0.4, 0.5) is 5.69 Å². The summed E-state index contributed by atoms with van der Waals surface area (Å²) in [6.07, 6.45) is 2.58. The zero-order valence-electron chi connectivity index (χ0n) is 14.8. The Bertz CT molecular complexity index is 781. The number of amides is 2. The monoisotopic (exact) mass is 336 g/mol. The third kappa shape index (κ3) is 4.27. The Kier molecular flexibility index (Phi) is 5.17. The lowest BCUT2D eigenvalue weighted by molar-refractivity contribution is -0.120. The van der Waals surface area contributed by atoms with Crippen molar-refractivity contribution in [1.82, 2.24) is 5.32 Å². The lowest BCUT2D eigenvalue weighted by Crippen LogP contribution is -2.31. The zero-order chi connectivity index (χ0) is 17.8. The van der Waals surface area contributed by atoms with Crippen molar-refractivity contribution in [2.75, 3.05) is 18.5 Å². The van der Waals surface area contributed by atoms with E-state index in [1.807, 2.05) is 50.4 Å². The van der Waals surface area contributed by atoms with Gasteiger partial charge in [-0.3, -0.25) is 9.59 Å². The van der Waals surface area contributed by atoms with E-state index in [0.29, 0.717) is 19.4 Å². The first-order valence-corrected chi connectivity index (χ1v) is 8.73. The second kappa shape index (κ2) is 7.51. The predicted octanol–water partition coefficient (Wildman–Crippen LogP) is 2.81. The van der Waals surface area contributed by atoms with Crippen LogP contribution in [0.2, 0.25) is 0 Å². The SMILES string of the molecule is Cc1ccc(CC(=O)NCCc2ccc3c(c2)CCC(=O)N3C)cc1. The van der Waals surface area contributed by atoms with Gasteiger partial charge in [-0.15, -0.1) is 0 Å². The molecule has 2 aromatic carbocycles. The van der Waals surface area contributed by atoms with Crippen molar-refractivity contribution in [3.05, 3.63) is 64.7 Å². The van der Waals surface area contributed by atoms with Crippen LogP contribution in [0.5, 0.6) is 0 Å². The molecule has 130 valence electrons. The van der Waals surface area contributed by atoms with Crippen LogP contribution in [0.3, 0.4) is 0 Å². The molecule has 0 fully saturated rings. The number of carbonyl (C=O) groups excluding carboxylic acids is 2. The number of aryl methyl sites for hydroxylation is 2. The first-order valence-electron chi connectivity index (χ1n) is 8.73. The van der Waals surface area contributed by atoms with E-state index in [1.165, 1.54) is 16.7 Å². The maximum absolute atomic E-state index is 12.0. The summed E-state index contributed by atoms with van der Waals surface area (Å²) in [4.78, 5) is 25.5. The number of nitrogens with one attached hydrogen (secondary N) is 1. The molecule has 1 aliphatic heterocycles. The Hall–Kier alpha value is -2.62. The molecule has 0 radical (unpaired) electrons. The molecule has 2 aromatic rings. The smallest absolute Gasteiger partial charge is 0.227 e. The van der Waals surface area contributed by atoms with Crippen LogP contribution >= 0.6 is 0 Å². The number of fused-ring (bicyclic) bond motifs is 1. The molecule has 2 amide bonds. The van der Waals surface area contributed by atoms with Crippen molar-refractivity contribution >= 4 is 17.5 Å². The maximum atomic E-state index is 12.0. The Morgan fingerprint density at radius 2 is 1.80 bits per heavy atom. The van der Waals surface area contributed by atoms with Gasteiger partial charge >= 0.3 is 0 Å². The van der Waals surface area contributed by atoms with Crippen molar-refractivity contribution < 1.29 is 9.59 Å². The number of hydrogen-bond donors (Lipinski definition) is 1. The van der Waals surface area contributed by atoms with Crippen molar-refractivity contribution in [2.24, 2.45) is 0 Å². The molecule has 3 rings (SSSR count). The first kappa shape index (κ1) is 17.2. The van der Waals surface area contributed by atoms with Crippen LogP contribution in [0, 0.1) is 6.92 Å². The maximum Gasteiger partial charge on any atom is 0.227 e. The number of rotatable bonds is 5. The summed E-state index contributed by atoms with van der Waals surface area (Å²) in [6.45, 7) is 2.66. The molecule has 4 nitrogen and oxygen atoms in total. The summed E-state index contributed by atoms with van der Waals surface area (Å²) >= 11 is 0. The van der Waals surface area contributed by atoms with Crippen LogP contribution in [0.1, 0.15) is 28.7 Å². The molecule has 0 unspecified atom stereocenters. The number of anilines is 1. The van der Waals surface area contributed by atoms with Crippen LogP contribution < -0.4 is 10.2 Å². The van der Waals surface area contributed by atoms with Gasteiger partial charge in [-0.2, -0.15) is 0 Å². The van der Waals surface area contributed by atoms with E-state index < -0.39 is 0 Å². The summed E-state index contributed by atoms with van der Waals surface area (Å²) in [6, 6.07) is 14.3. The Balaban J connectivity index is 1.51. The Labute approximate surface area is 148 Å². The van der Waals surface area contributed by atoms with Crippen LogP contribution in [0.25, 0.3) is 0 Å². The third-order valence-corrected chi connectivity index (χ3v) is 4.71. The average molecular weight is 336 g/mol. The number of benzene rings is 2. The van der Waals surface area contributed by atoms with Gasteiger partial charge < -0.3 is 10.2 Å². The van der Waals surface area contributed by atoms with Gasteiger partial charge in [-0.25, -0.2) is 0 Å². The molecule has 0 aromatic heterocycles. The summed E-state index contributed by atoms with van der Waals surface area (Å²) in [5.74, 6) is 0.218. The molecule has 0 spiro atoms. The number of nitrogens with zero attached hydrogens (tertiary/aromatic N) is 1. The molecule has 1 N–H and O–H groups in total. The fourth-order valence-corrected chi connectivity index (χ4v) is 3.17. The summed E-state index contributed by atoms with van der Waals surface area (Å²) in [5, 5.41) is 2.99. The summed E-state index contributed by atoms with van der Waals surface area (Å²) in [7, 11) is 1.82.